The molecule has 0 aromatic carbocycles. The van der Waals surface area contributed by atoms with Crippen molar-refractivity contribution in [2.45, 2.75) is 32.8 Å². The van der Waals surface area contributed by atoms with E-state index in [1.807, 2.05) is 0 Å². The fourth-order valence-electron chi connectivity index (χ4n) is 3.02. The first-order valence-electron chi connectivity index (χ1n) is 6.88. The Morgan fingerprint density at radius 2 is 2.39 bits per heavy atom. The van der Waals surface area contributed by atoms with Crippen LogP contribution in [0, 0.1) is 11.8 Å². The zero-order chi connectivity index (χ0) is 13.1. The second-order valence-electron chi connectivity index (χ2n) is 5.63. The highest BCUT2D eigenvalue weighted by atomic mass is 16.5. The topological polar surface area (TPSA) is 55.6 Å². The molecule has 18 heavy (non-hydrogen) atoms. The van der Waals surface area contributed by atoms with Crippen LogP contribution >= 0.6 is 0 Å². The van der Waals surface area contributed by atoms with E-state index in [1.165, 1.54) is 18.4 Å². The molecule has 0 spiro atoms. The van der Waals surface area contributed by atoms with Gasteiger partial charge in [-0.2, -0.15) is 0 Å². The van der Waals surface area contributed by atoms with Gasteiger partial charge in [-0.3, -0.25) is 9.69 Å². The molecule has 2 aliphatic rings. The van der Waals surface area contributed by atoms with Crippen LogP contribution in [0.5, 0.6) is 0 Å². The molecule has 2 rings (SSSR count). The molecule has 0 bridgehead atoms. The van der Waals surface area contributed by atoms with E-state index in [0.717, 1.165) is 19.0 Å². The monoisotopic (exact) mass is 252 g/mol. The predicted octanol–water partition coefficient (Wildman–Crippen LogP) is 1.16. The lowest BCUT2D eigenvalue weighted by atomic mass is 9.79. The highest BCUT2D eigenvalue weighted by Gasteiger charge is 2.29. The number of rotatable bonds is 3. The van der Waals surface area contributed by atoms with E-state index in [-0.39, 0.29) is 5.91 Å². The first-order chi connectivity index (χ1) is 8.58. The molecular formula is C14H24N2O2. The van der Waals surface area contributed by atoms with E-state index < -0.39 is 6.10 Å². The van der Waals surface area contributed by atoms with Crippen molar-refractivity contribution in [2.24, 2.45) is 17.6 Å². The molecular weight excluding hydrogens is 228 g/mol. The number of carbonyl (C=O) groups is 1. The SMILES string of the molecule is CC1=CCC[C@H](C)[C@@H]1CN1CCO[C@H](C(N)=O)C1. The Labute approximate surface area is 109 Å². The van der Waals surface area contributed by atoms with E-state index in [0.29, 0.717) is 19.1 Å². The van der Waals surface area contributed by atoms with Gasteiger partial charge in [0.05, 0.1) is 6.61 Å². The molecule has 2 N–H and O–H groups in total. The molecule has 102 valence electrons. The van der Waals surface area contributed by atoms with Gasteiger partial charge in [0.15, 0.2) is 0 Å². The molecule has 1 aliphatic heterocycles. The Morgan fingerprint density at radius 1 is 1.61 bits per heavy atom. The molecule has 0 unspecified atom stereocenters. The second-order valence-corrected chi connectivity index (χ2v) is 5.63. The summed E-state index contributed by atoms with van der Waals surface area (Å²) in [6.07, 6.45) is 4.40. The van der Waals surface area contributed by atoms with Crippen LogP contribution in [-0.4, -0.2) is 43.2 Å². The third kappa shape index (κ3) is 3.12. The van der Waals surface area contributed by atoms with Gasteiger partial charge in [0.1, 0.15) is 6.10 Å². The van der Waals surface area contributed by atoms with Gasteiger partial charge in [-0.1, -0.05) is 18.6 Å². The average molecular weight is 252 g/mol. The molecule has 3 atom stereocenters. The fourth-order valence-corrected chi connectivity index (χ4v) is 3.02. The maximum absolute atomic E-state index is 11.2. The summed E-state index contributed by atoms with van der Waals surface area (Å²) in [6, 6.07) is 0. The second kappa shape index (κ2) is 5.85. The molecule has 4 nitrogen and oxygen atoms in total. The first-order valence-corrected chi connectivity index (χ1v) is 6.88. The van der Waals surface area contributed by atoms with E-state index in [9.17, 15) is 4.79 Å². The van der Waals surface area contributed by atoms with Crippen LogP contribution in [0.3, 0.4) is 0 Å². The molecule has 0 aromatic heterocycles. The van der Waals surface area contributed by atoms with Crippen molar-refractivity contribution < 1.29 is 9.53 Å². The first kappa shape index (κ1) is 13.6. The highest BCUT2D eigenvalue weighted by Crippen LogP contribution is 2.31. The van der Waals surface area contributed by atoms with Crippen LogP contribution in [-0.2, 0) is 9.53 Å². The van der Waals surface area contributed by atoms with Crippen molar-refractivity contribution in [2.75, 3.05) is 26.2 Å². The van der Waals surface area contributed by atoms with E-state index >= 15 is 0 Å². The van der Waals surface area contributed by atoms with Crippen molar-refractivity contribution in [3.8, 4) is 0 Å². The number of ether oxygens (including phenoxy) is 1. The largest absolute Gasteiger partial charge is 0.367 e. The molecule has 0 radical (unpaired) electrons. The summed E-state index contributed by atoms with van der Waals surface area (Å²) in [7, 11) is 0. The summed E-state index contributed by atoms with van der Waals surface area (Å²) in [5.41, 5.74) is 6.81. The number of primary amides is 1. The van der Waals surface area contributed by atoms with Gasteiger partial charge in [0, 0.05) is 19.6 Å². The summed E-state index contributed by atoms with van der Waals surface area (Å²) < 4.78 is 5.38. The van der Waals surface area contributed by atoms with E-state index in [1.54, 1.807) is 0 Å². The van der Waals surface area contributed by atoms with Crippen LogP contribution in [0.1, 0.15) is 26.7 Å². The maximum Gasteiger partial charge on any atom is 0.247 e. The number of nitrogens with two attached hydrogens (primary N) is 1. The lowest BCUT2D eigenvalue weighted by Gasteiger charge is -2.37. The number of morpholine rings is 1. The van der Waals surface area contributed by atoms with Gasteiger partial charge in [0.2, 0.25) is 5.91 Å². The van der Waals surface area contributed by atoms with Gasteiger partial charge < -0.3 is 10.5 Å². The molecule has 1 heterocycles. The lowest BCUT2D eigenvalue weighted by Crippen LogP contribution is -2.50. The molecule has 1 saturated heterocycles. The van der Waals surface area contributed by atoms with E-state index in [4.69, 9.17) is 10.5 Å². The average Bonchev–Trinajstić information content (AvgIpc) is 2.34. The minimum absolute atomic E-state index is 0.344. The van der Waals surface area contributed by atoms with Crippen molar-refractivity contribution in [1.29, 1.82) is 0 Å². The zero-order valence-electron chi connectivity index (χ0n) is 11.4. The minimum Gasteiger partial charge on any atom is -0.367 e. The van der Waals surface area contributed by atoms with Crippen LogP contribution in [0.15, 0.2) is 11.6 Å². The number of allylic oxidation sites excluding steroid dienone is 1. The smallest absolute Gasteiger partial charge is 0.247 e. The quantitative estimate of drug-likeness (QED) is 0.767. The standard InChI is InChI=1S/C14H24N2O2/c1-10-4-3-5-11(2)12(10)8-16-6-7-18-13(9-16)14(15)17/h4,11-13H,3,5-9H2,1-2H3,(H2,15,17)/t11-,12+,13-/m0/s1. The summed E-state index contributed by atoms with van der Waals surface area (Å²) in [4.78, 5) is 13.5. The minimum atomic E-state index is -0.429. The molecule has 4 heteroatoms. The van der Waals surface area contributed by atoms with Gasteiger partial charge in [-0.15, -0.1) is 0 Å². The fraction of sp³-hybridized carbons (Fsp3) is 0.786. The third-order valence-corrected chi connectivity index (χ3v) is 4.28. The summed E-state index contributed by atoms with van der Waals surface area (Å²) in [5, 5.41) is 0. The zero-order valence-corrected chi connectivity index (χ0v) is 11.4. The summed E-state index contributed by atoms with van der Waals surface area (Å²) in [6.45, 7) is 7.74. The molecule has 1 aliphatic carbocycles. The highest BCUT2D eigenvalue weighted by molar-refractivity contribution is 5.79. The van der Waals surface area contributed by atoms with Crippen molar-refractivity contribution >= 4 is 5.91 Å². The molecule has 0 saturated carbocycles. The van der Waals surface area contributed by atoms with Crippen LogP contribution in [0.4, 0.5) is 0 Å². The third-order valence-electron chi connectivity index (χ3n) is 4.28. The molecule has 1 fully saturated rings. The Bertz CT molecular complexity index is 341. The predicted molar refractivity (Wildman–Crippen MR) is 71.0 cm³/mol. The Hall–Kier alpha value is -0.870. The van der Waals surface area contributed by atoms with Gasteiger partial charge in [0.25, 0.3) is 0 Å². The Morgan fingerprint density at radius 3 is 3.06 bits per heavy atom. The summed E-state index contributed by atoms with van der Waals surface area (Å²) >= 11 is 0. The van der Waals surface area contributed by atoms with Crippen LogP contribution < -0.4 is 5.73 Å². The Balaban J connectivity index is 1.94. The molecule has 0 aromatic rings. The normalized spacial score (nSPS) is 34.1. The number of nitrogens with zero attached hydrogens (tertiary/aromatic N) is 1. The van der Waals surface area contributed by atoms with Gasteiger partial charge in [-0.05, 0) is 31.6 Å². The van der Waals surface area contributed by atoms with Crippen molar-refractivity contribution in [1.82, 2.24) is 4.90 Å². The van der Waals surface area contributed by atoms with Crippen LogP contribution in [0.25, 0.3) is 0 Å². The Kier molecular flexibility index (Phi) is 4.40. The van der Waals surface area contributed by atoms with Gasteiger partial charge >= 0.3 is 0 Å². The van der Waals surface area contributed by atoms with Crippen molar-refractivity contribution in [3.63, 3.8) is 0 Å². The van der Waals surface area contributed by atoms with E-state index in [2.05, 4.69) is 24.8 Å². The number of amides is 1. The number of hydrogen-bond donors (Lipinski definition) is 1. The summed E-state index contributed by atoms with van der Waals surface area (Å²) in [5.74, 6) is 0.999. The maximum atomic E-state index is 11.2. The van der Waals surface area contributed by atoms with Crippen LogP contribution in [0.2, 0.25) is 0 Å². The lowest BCUT2D eigenvalue weighted by molar-refractivity contribution is -0.135. The number of hydrogen-bond acceptors (Lipinski definition) is 3. The molecule has 1 amide bonds. The van der Waals surface area contributed by atoms with Gasteiger partial charge in [-0.25, -0.2) is 0 Å². The van der Waals surface area contributed by atoms with Crippen molar-refractivity contribution in [3.05, 3.63) is 11.6 Å². The number of carbonyl (C=O) groups excluding carboxylic acids is 1.